The summed E-state index contributed by atoms with van der Waals surface area (Å²) in [5.41, 5.74) is 0.722. The molecule has 0 aromatic heterocycles. The lowest BCUT2D eigenvalue weighted by atomic mass is 9.57. The molecule has 0 bridgehead atoms. The Labute approximate surface area is 119 Å². The summed E-state index contributed by atoms with van der Waals surface area (Å²) in [4.78, 5) is 2.70. The number of nitrogens with one attached hydrogen (secondary N) is 1. The molecule has 19 heavy (non-hydrogen) atoms. The average Bonchev–Trinajstić information content (AvgIpc) is 2.48. The van der Waals surface area contributed by atoms with E-state index in [1.807, 2.05) is 0 Å². The molecule has 2 heteroatoms. The Hall–Kier alpha value is -0.0800. The molecule has 0 aromatic carbocycles. The zero-order valence-electron chi connectivity index (χ0n) is 12.8. The highest BCUT2D eigenvalue weighted by molar-refractivity contribution is 5.01. The zero-order valence-corrected chi connectivity index (χ0v) is 12.8. The maximum atomic E-state index is 3.94. The molecule has 1 N–H and O–H groups in total. The molecular weight excluding hydrogens is 232 g/mol. The van der Waals surface area contributed by atoms with Gasteiger partial charge in [-0.1, -0.05) is 25.7 Å². The van der Waals surface area contributed by atoms with Crippen molar-refractivity contribution in [3.05, 3.63) is 0 Å². The van der Waals surface area contributed by atoms with Gasteiger partial charge in [0.15, 0.2) is 0 Å². The third-order valence-corrected chi connectivity index (χ3v) is 6.19. The first-order valence-electron chi connectivity index (χ1n) is 8.78. The highest BCUT2D eigenvalue weighted by Crippen LogP contribution is 2.51. The molecule has 0 aromatic rings. The molecular formula is C17H32N2. The Morgan fingerprint density at radius 1 is 1.00 bits per heavy atom. The average molecular weight is 264 g/mol. The summed E-state index contributed by atoms with van der Waals surface area (Å²) in [5.74, 6) is 0. The maximum absolute atomic E-state index is 3.94. The van der Waals surface area contributed by atoms with Gasteiger partial charge in [-0.3, -0.25) is 4.90 Å². The van der Waals surface area contributed by atoms with E-state index in [1.165, 1.54) is 83.8 Å². The van der Waals surface area contributed by atoms with Crippen LogP contribution in [0.2, 0.25) is 0 Å². The number of likely N-dealkylation sites (tertiary alicyclic amines) is 1. The van der Waals surface area contributed by atoms with Crippen LogP contribution in [0, 0.1) is 5.41 Å². The van der Waals surface area contributed by atoms with E-state index < -0.39 is 0 Å². The fourth-order valence-corrected chi connectivity index (χ4v) is 4.67. The third kappa shape index (κ3) is 3.00. The van der Waals surface area contributed by atoms with Crippen molar-refractivity contribution in [3.8, 4) is 0 Å². The van der Waals surface area contributed by atoms with E-state index in [0.717, 1.165) is 17.5 Å². The van der Waals surface area contributed by atoms with Crippen molar-refractivity contribution in [1.82, 2.24) is 10.2 Å². The highest BCUT2D eigenvalue weighted by atomic mass is 15.2. The topological polar surface area (TPSA) is 15.3 Å². The molecule has 2 atom stereocenters. The van der Waals surface area contributed by atoms with Gasteiger partial charge in [-0.2, -0.15) is 0 Å². The van der Waals surface area contributed by atoms with Crippen LogP contribution in [0.15, 0.2) is 0 Å². The number of piperidine rings is 1. The van der Waals surface area contributed by atoms with E-state index >= 15 is 0 Å². The summed E-state index contributed by atoms with van der Waals surface area (Å²) in [6.07, 6.45) is 14.7. The van der Waals surface area contributed by atoms with Crippen molar-refractivity contribution < 1.29 is 0 Å². The molecule has 3 aliphatic rings. The zero-order chi connectivity index (χ0) is 13.1. The first-order valence-corrected chi connectivity index (χ1v) is 8.78. The van der Waals surface area contributed by atoms with Crippen LogP contribution in [-0.2, 0) is 0 Å². The van der Waals surface area contributed by atoms with Crippen LogP contribution >= 0.6 is 0 Å². The molecule has 1 spiro atoms. The van der Waals surface area contributed by atoms with Crippen LogP contribution < -0.4 is 5.32 Å². The van der Waals surface area contributed by atoms with Crippen molar-refractivity contribution in [2.24, 2.45) is 5.41 Å². The van der Waals surface area contributed by atoms with E-state index in [9.17, 15) is 0 Å². The van der Waals surface area contributed by atoms with Gasteiger partial charge >= 0.3 is 0 Å². The molecule has 2 unspecified atom stereocenters. The monoisotopic (exact) mass is 264 g/mol. The van der Waals surface area contributed by atoms with Crippen molar-refractivity contribution >= 4 is 0 Å². The van der Waals surface area contributed by atoms with Crippen LogP contribution in [-0.4, -0.2) is 36.6 Å². The van der Waals surface area contributed by atoms with Gasteiger partial charge in [0.05, 0.1) is 0 Å². The van der Waals surface area contributed by atoms with Gasteiger partial charge in [0, 0.05) is 18.6 Å². The molecule has 1 saturated heterocycles. The van der Waals surface area contributed by atoms with E-state index in [4.69, 9.17) is 0 Å². The fourth-order valence-electron chi connectivity index (χ4n) is 4.67. The largest absolute Gasteiger partial charge is 0.312 e. The summed E-state index contributed by atoms with van der Waals surface area (Å²) in [5, 5.41) is 3.94. The SMILES string of the molecule is CC(CNC1CCC12CCCCC2)N1CCCCC1. The Morgan fingerprint density at radius 3 is 2.32 bits per heavy atom. The summed E-state index contributed by atoms with van der Waals surface area (Å²) >= 11 is 0. The highest BCUT2D eigenvalue weighted by Gasteiger charge is 2.46. The summed E-state index contributed by atoms with van der Waals surface area (Å²) in [6.45, 7) is 6.30. The number of hydrogen-bond donors (Lipinski definition) is 1. The van der Waals surface area contributed by atoms with Gasteiger partial charge < -0.3 is 5.32 Å². The van der Waals surface area contributed by atoms with E-state index in [-0.39, 0.29) is 0 Å². The third-order valence-electron chi connectivity index (χ3n) is 6.19. The summed E-state index contributed by atoms with van der Waals surface area (Å²) < 4.78 is 0. The predicted octanol–water partition coefficient (Wildman–Crippen LogP) is 3.56. The standard InChI is InChI=1S/C17H32N2/c1-15(19-12-6-3-7-13-19)14-18-16-8-11-17(16)9-4-2-5-10-17/h15-16,18H,2-14H2,1H3. The number of hydrogen-bond acceptors (Lipinski definition) is 2. The minimum absolute atomic E-state index is 0.722. The summed E-state index contributed by atoms with van der Waals surface area (Å²) in [7, 11) is 0. The fraction of sp³-hybridized carbons (Fsp3) is 1.00. The quantitative estimate of drug-likeness (QED) is 0.835. The molecule has 3 rings (SSSR count). The van der Waals surface area contributed by atoms with Crippen LogP contribution in [0.25, 0.3) is 0 Å². The first-order chi connectivity index (χ1) is 9.30. The Bertz CT molecular complexity index is 277. The Kier molecular flexibility index (Phi) is 4.48. The van der Waals surface area contributed by atoms with Gasteiger partial charge in [-0.05, 0) is 64.0 Å². The second-order valence-corrected chi connectivity index (χ2v) is 7.37. The molecule has 2 aliphatic carbocycles. The molecule has 1 aliphatic heterocycles. The van der Waals surface area contributed by atoms with Crippen molar-refractivity contribution in [3.63, 3.8) is 0 Å². The molecule has 1 heterocycles. The predicted molar refractivity (Wildman–Crippen MR) is 81.4 cm³/mol. The van der Waals surface area contributed by atoms with Crippen LogP contribution in [0.5, 0.6) is 0 Å². The second-order valence-electron chi connectivity index (χ2n) is 7.37. The second kappa shape index (κ2) is 6.13. The van der Waals surface area contributed by atoms with Crippen LogP contribution in [0.3, 0.4) is 0 Å². The lowest BCUT2D eigenvalue weighted by molar-refractivity contribution is 0.0185. The van der Waals surface area contributed by atoms with Crippen molar-refractivity contribution in [2.45, 2.75) is 83.2 Å². The lowest BCUT2D eigenvalue weighted by Gasteiger charge is -2.53. The molecule has 2 nitrogen and oxygen atoms in total. The minimum atomic E-state index is 0.722. The van der Waals surface area contributed by atoms with Crippen LogP contribution in [0.1, 0.15) is 71.1 Å². The Morgan fingerprint density at radius 2 is 1.68 bits per heavy atom. The van der Waals surface area contributed by atoms with Gasteiger partial charge in [-0.25, -0.2) is 0 Å². The smallest absolute Gasteiger partial charge is 0.0192 e. The summed E-state index contributed by atoms with van der Waals surface area (Å²) in [6, 6.07) is 1.58. The molecule has 0 radical (unpaired) electrons. The van der Waals surface area contributed by atoms with Crippen molar-refractivity contribution in [2.75, 3.05) is 19.6 Å². The molecule has 2 saturated carbocycles. The van der Waals surface area contributed by atoms with Gasteiger partial charge in [-0.15, -0.1) is 0 Å². The molecule has 110 valence electrons. The number of nitrogens with zero attached hydrogens (tertiary/aromatic N) is 1. The van der Waals surface area contributed by atoms with E-state index in [1.54, 1.807) is 0 Å². The Balaban J connectivity index is 1.44. The van der Waals surface area contributed by atoms with Gasteiger partial charge in [0.25, 0.3) is 0 Å². The molecule has 3 fully saturated rings. The van der Waals surface area contributed by atoms with E-state index in [0.29, 0.717) is 0 Å². The van der Waals surface area contributed by atoms with Gasteiger partial charge in [0.1, 0.15) is 0 Å². The lowest BCUT2D eigenvalue weighted by Crippen LogP contribution is -2.56. The molecule has 0 amide bonds. The maximum Gasteiger partial charge on any atom is 0.0192 e. The van der Waals surface area contributed by atoms with Crippen LogP contribution in [0.4, 0.5) is 0 Å². The van der Waals surface area contributed by atoms with E-state index in [2.05, 4.69) is 17.1 Å². The first kappa shape index (κ1) is 13.9. The van der Waals surface area contributed by atoms with Gasteiger partial charge in [0.2, 0.25) is 0 Å². The van der Waals surface area contributed by atoms with Crippen molar-refractivity contribution in [1.29, 1.82) is 0 Å². The minimum Gasteiger partial charge on any atom is -0.312 e. The number of rotatable bonds is 4. The normalized spacial score (nSPS) is 33.0.